The first-order valence-corrected chi connectivity index (χ1v) is 12.0. The second-order valence-corrected chi connectivity index (χ2v) is 10.6. The van der Waals surface area contributed by atoms with E-state index in [9.17, 15) is 4.79 Å². The summed E-state index contributed by atoms with van der Waals surface area (Å²) in [5, 5.41) is 4.79. The van der Waals surface area contributed by atoms with Crippen molar-refractivity contribution in [3.8, 4) is 5.75 Å². The van der Waals surface area contributed by atoms with Crippen molar-refractivity contribution in [1.82, 2.24) is 4.98 Å². The lowest BCUT2D eigenvalue weighted by Gasteiger charge is -2.18. The molecule has 1 aliphatic rings. The van der Waals surface area contributed by atoms with E-state index >= 15 is 0 Å². The molecule has 1 aliphatic carbocycles. The van der Waals surface area contributed by atoms with Crippen molar-refractivity contribution in [2.75, 3.05) is 5.32 Å². The highest BCUT2D eigenvalue weighted by atomic mass is 35.5. The minimum atomic E-state index is -0.543. The van der Waals surface area contributed by atoms with Gasteiger partial charge in [-0.2, -0.15) is 0 Å². The minimum Gasteiger partial charge on any atom is -0.487 e. The van der Waals surface area contributed by atoms with E-state index in [2.05, 4.69) is 37.1 Å². The molecule has 0 saturated heterocycles. The van der Waals surface area contributed by atoms with Crippen molar-refractivity contribution in [1.29, 1.82) is 0 Å². The number of amides is 1. The maximum Gasteiger partial charge on any atom is 0.235 e. The Morgan fingerprint density at radius 3 is 2.50 bits per heavy atom. The number of benzene rings is 3. The molecule has 174 valence electrons. The number of nitrogens with one attached hydrogen (secondary N) is 2. The zero-order valence-electron chi connectivity index (χ0n) is 19.7. The van der Waals surface area contributed by atoms with Gasteiger partial charge in [0.1, 0.15) is 12.4 Å². The third-order valence-electron chi connectivity index (χ3n) is 6.59. The highest BCUT2D eigenvalue weighted by Crippen LogP contribution is 2.50. The van der Waals surface area contributed by atoms with E-state index in [4.69, 9.17) is 16.3 Å². The summed E-state index contributed by atoms with van der Waals surface area (Å²) < 4.78 is 6.00. The van der Waals surface area contributed by atoms with Crippen LogP contribution in [0.25, 0.3) is 10.9 Å². The zero-order valence-corrected chi connectivity index (χ0v) is 20.5. The maximum atomic E-state index is 13.4. The molecular formula is C29H29ClN2O2. The van der Waals surface area contributed by atoms with Gasteiger partial charge in [-0.05, 0) is 60.4 Å². The molecule has 4 aromatic rings. The van der Waals surface area contributed by atoms with Gasteiger partial charge >= 0.3 is 0 Å². The van der Waals surface area contributed by atoms with Crippen LogP contribution in [0.2, 0.25) is 5.02 Å². The van der Waals surface area contributed by atoms with Gasteiger partial charge in [-0.15, -0.1) is 0 Å². The summed E-state index contributed by atoms with van der Waals surface area (Å²) in [7, 11) is 0. The van der Waals surface area contributed by atoms with Crippen molar-refractivity contribution < 1.29 is 9.53 Å². The summed E-state index contributed by atoms with van der Waals surface area (Å²) in [6.45, 7) is 6.97. The van der Waals surface area contributed by atoms with Crippen LogP contribution in [0, 0.1) is 0 Å². The lowest BCUT2D eigenvalue weighted by atomic mass is 9.92. The van der Waals surface area contributed by atoms with E-state index < -0.39 is 5.41 Å². The first kappa shape index (κ1) is 22.5. The van der Waals surface area contributed by atoms with E-state index in [-0.39, 0.29) is 11.3 Å². The fourth-order valence-corrected chi connectivity index (χ4v) is 4.46. The Morgan fingerprint density at radius 1 is 1.03 bits per heavy atom. The van der Waals surface area contributed by atoms with Gasteiger partial charge in [0.15, 0.2) is 0 Å². The van der Waals surface area contributed by atoms with E-state index in [1.54, 1.807) is 0 Å². The van der Waals surface area contributed by atoms with Crippen LogP contribution in [0.5, 0.6) is 5.75 Å². The topological polar surface area (TPSA) is 54.1 Å². The average Bonchev–Trinajstić information content (AvgIpc) is 3.51. The molecule has 5 heteroatoms. The van der Waals surface area contributed by atoms with Crippen LogP contribution >= 0.6 is 11.6 Å². The summed E-state index contributed by atoms with van der Waals surface area (Å²) in [6, 6.07) is 23.8. The van der Waals surface area contributed by atoms with Gasteiger partial charge in [0.05, 0.1) is 10.4 Å². The number of aromatic amines is 1. The summed E-state index contributed by atoms with van der Waals surface area (Å²) in [6.07, 6.45) is 1.61. The molecule has 1 heterocycles. The summed E-state index contributed by atoms with van der Waals surface area (Å²) in [5.74, 6) is 0.611. The van der Waals surface area contributed by atoms with Gasteiger partial charge in [0, 0.05) is 27.7 Å². The molecule has 1 saturated carbocycles. The fraction of sp³-hybridized carbons (Fsp3) is 0.276. The van der Waals surface area contributed by atoms with Gasteiger partial charge < -0.3 is 15.0 Å². The molecule has 34 heavy (non-hydrogen) atoms. The number of hydrogen-bond acceptors (Lipinski definition) is 2. The van der Waals surface area contributed by atoms with Crippen LogP contribution < -0.4 is 10.1 Å². The second kappa shape index (κ2) is 8.52. The molecule has 3 aromatic carbocycles. The maximum absolute atomic E-state index is 13.4. The van der Waals surface area contributed by atoms with E-state index in [0.29, 0.717) is 17.4 Å². The predicted octanol–water partition coefficient (Wildman–Crippen LogP) is 7.37. The molecule has 0 aliphatic heterocycles. The molecule has 5 rings (SSSR count). The fourth-order valence-electron chi connectivity index (χ4n) is 4.28. The molecule has 0 bridgehead atoms. The number of anilines is 1. The number of halogens is 1. The van der Waals surface area contributed by atoms with Crippen molar-refractivity contribution in [2.24, 2.45) is 0 Å². The van der Waals surface area contributed by atoms with E-state index in [1.807, 2.05) is 66.7 Å². The molecule has 0 radical (unpaired) electrons. The Kier molecular flexibility index (Phi) is 5.65. The molecule has 0 unspecified atom stereocenters. The van der Waals surface area contributed by atoms with Crippen LogP contribution in [0.1, 0.15) is 50.4 Å². The Hall–Kier alpha value is -3.24. The van der Waals surface area contributed by atoms with E-state index in [1.165, 1.54) is 5.69 Å². The predicted molar refractivity (Wildman–Crippen MR) is 139 cm³/mol. The van der Waals surface area contributed by atoms with Gasteiger partial charge in [-0.3, -0.25) is 4.79 Å². The minimum absolute atomic E-state index is 0.00904. The molecule has 0 spiro atoms. The van der Waals surface area contributed by atoms with Crippen molar-refractivity contribution in [3.05, 3.63) is 94.6 Å². The van der Waals surface area contributed by atoms with Crippen LogP contribution in [0.3, 0.4) is 0 Å². The largest absolute Gasteiger partial charge is 0.487 e. The van der Waals surface area contributed by atoms with Crippen LogP contribution in [0.4, 0.5) is 5.69 Å². The quantitative estimate of drug-likeness (QED) is 0.308. The highest BCUT2D eigenvalue weighted by molar-refractivity contribution is 6.32. The van der Waals surface area contributed by atoms with Crippen molar-refractivity contribution >= 4 is 34.1 Å². The second-order valence-electron chi connectivity index (χ2n) is 10.2. The smallest absolute Gasteiger partial charge is 0.235 e. The SMILES string of the molecule is CC(C)(C)c1cc2cc(NC(=O)C3(c4ccc(Cl)c(OCc5ccccc5)c4)CC3)ccc2[nH]1. The number of rotatable bonds is 6. The van der Waals surface area contributed by atoms with Gasteiger partial charge in [0.25, 0.3) is 0 Å². The van der Waals surface area contributed by atoms with Crippen molar-refractivity contribution in [3.63, 3.8) is 0 Å². The highest BCUT2D eigenvalue weighted by Gasteiger charge is 2.51. The average molecular weight is 473 g/mol. The van der Waals surface area contributed by atoms with Crippen molar-refractivity contribution in [2.45, 2.75) is 51.0 Å². The number of carbonyl (C=O) groups is 1. The lowest BCUT2D eigenvalue weighted by Crippen LogP contribution is -2.27. The number of aromatic nitrogens is 1. The number of H-pyrrole nitrogens is 1. The summed E-state index contributed by atoms with van der Waals surface area (Å²) >= 11 is 6.40. The van der Waals surface area contributed by atoms with Gasteiger partial charge in [0.2, 0.25) is 5.91 Å². The molecule has 2 N–H and O–H groups in total. The standard InChI is InChI=1S/C29H29ClN2O2/c1-28(2,3)26-16-20-15-22(10-12-24(20)32-26)31-27(33)29(13-14-29)21-9-11-23(30)25(17-21)34-18-19-7-5-4-6-8-19/h4-12,15-17,32H,13-14,18H2,1-3H3,(H,31,33). The molecule has 0 atom stereocenters. The first-order chi connectivity index (χ1) is 16.2. The Labute approximate surface area is 205 Å². The molecule has 1 fully saturated rings. The van der Waals surface area contributed by atoms with Crippen LogP contribution in [-0.4, -0.2) is 10.9 Å². The van der Waals surface area contributed by atoms with Gasteiger partial charge in [-0.1, -0.05) is 68.8 Å². The number of carbonyl (C=O) groups excluding carboxylic acids is 1. The Morgan fingerprint density at radius 2 is 1.79 bits per heavy atom. The zero-order chi connectivity index (χ0) is 23.9. The number of fused-ring (bicyclic) bond motifs is 1. The third-order valence-corrected chi connectivity index (χ3v) is 6.90. The monoisotopic (exact) mass is 472 g/mol. The van der Waals surface area contributed by atoms with Crippen LogP contribution in [-0.2, 0) is 22.2 Å². The molecule has 1 amide bonds. The van der Waals surface area contributed by atoms with Crippen LogP contribution in [0.15, 0.2) is 72.8 Å². The van der Waals surface area contributed by atoms with Gasteiger partial charge in [-0.25, -0.2) is 0 Å². The molecule has 1 aromatic heterocycles. The first-order valence-electron chi connectivity index (χ1n) is 11.7. The number of ether oxygens (including phenoxy) is 1. The normalized spacial score (nSPS) is 14.7. The number of hydrogen-bond donors (Lipinski definition) is 2. The Balaban J connectivity index is 1.34. The third kappa shape index (κ3) is 4.43. The van der Waals surface area contributed by atoms with E-state index in [0.717, 1.165) is 40.6 Å². The summed E-state index contributed by atoms with van der Waals surface area (Å²) in [5.41, 5.74) is 4.55. The Bertz CT molecular complexity index is 1350. The lowest BCUT2D eigenvalue weighted by molar-refractivity contribution is -0.118. The summed E-state index contributed by atoms with van der Waals surface area (Å²) in [4.78, 5) is 16.9. The molecule has 4 nitrogen and oxygen atoms in total. The molecular weight excluding hydrogens is 444 g/mol.